The van der Waals surface area contributed by atoms with Crippen molar-refractivity contribution in [3.05, 3.63) is 47.4 Å². The zero-order chi connectivity index (χ0) is 20.9. The maximum Gasteiger partial charge on any atom is 0.268 e. The van der Waals surface area contributed by atoms with Crippen LogP contribution in [0.4, 0.5) is 4.39 Å². The van der Waals surface area contributed by atoms with Gasteiger partial charge in [-0.15, -0.1) is 0 Å². The Hall–Kier alpha value is -2.58. The van der Waals surface area contributed by atoms with Crippen molar-refractivity contribution in [1.82, 2.24) is 16.0 Å². The Morgan fingerprint density at radius 2 is 2.14 bits per heavy atom. The maximum absolute atomic E-state index is 13.0. The van der Waals surface area contributed by atoms with Crippen molar-refractivity contribution in [2.45, 2.75) is 50.4 Å². The molecule has 0 radical (unpaired) electrons. The predicted molar refractivity (Wildman–Crippen MR) is 108 cm³/mol. The lowest BCUT2D eigenvalue weighted by Gasteiger charge is -2.38. The molecule has 1 saturated heterocycles. The molecule has 3 aliphatic rings. The Labute approximate surface area is 169 Å². The van der Waals surface area contributed by atoms with Gasteiger partial charge in [-0.3, -0.25) is 14.6 Å². The van der Waals surface area contributed by atoms with Crippen LogP contribution in [-0.2, 0) is 20.9 Å². The number of nitrogens with zero attached hydrogens (tertiary/aromatic N) is 1. The summed E-state index contributed by atoms with van der Waals surface area (Å²) in [5, 5.41) is 9.13. The first-order valence-corrected chi connectivity index (χ1v) is 9.85. The summed E-state index contributed by atoms with van der Waals surface area (Å²) in [5.41, 5.74) is 0.331. The fourth-order valence-corrected chi connectivity index (χ4v) is 3.73. The van der Waals surface area contributed by atoms with Gasteiger partial charge in [0.15, 0.2) is 0 Å². The number of ether oxygens (including phenoxy) is 1. The summed E-state index contributed by atoms with van der Waals surface area (Å²) in [6, 6.07) is 5.86. The molecule has 3 unspecified atom stereocenters. The summed E-state index contributed by atoms with van der Waals surface area (Å²) in [5.74, 6) is -0.172. The number of benzene rings is 1. The second kappa shape index (κ2) is 9.28. The van der Waals surface area contributed by atoms with Gasteiger partial charge >= 0.3 is 0 Å². The number of carbonyl (C=O) groups is 2. The van der Waals surface area contributed by atoms with Gasteiger partial charge in [0.25, 0.3) is 5.91 Å². The highest BCUT2D eigenvalue weighted by molar-refractivity contribution is 6.03. The summed E-state index contributed by atoms with van der Waals surface area (Å²) < 4.78 is 19.0. The lowest BCUT2D eigenvalue weighted by atomic mass is 9.88. The maximum atomic E-state index is 13.0. The Morgan fingerprint density at radius 1 is 1.38 bits per heavy atom. The van der Waals surface area contributed by atoms with E-state index in [9.17, 15) is 14.0 Å². The highest BCUT2D eigenvalue weighted by atomic mass is 19.1. The van der Waals surface area contributed by atoms with Gasteiger partial charge in [-0.1, -0.05) is 19.1 Å². The number of halogens is 1. The number of carbonyl (C=O) groups excluding carboxylic acids is 2. The number of likely N-dealkylation sites (N-methyl/N-ethyl adjacent to an activating group) is 1. The number of nitrogens with one attached hydrogen (secondary N) is 3. The van der Waals surface area contributed by atoms with Crippen LogP contribution in [0.2, 0.25) is 0 Å². The normalized spacial score (nSPS) is 26.4. The Bertz CT molecular complexity index is 799. The highest BCUT2D eigenvalue weighted by Gasteiger charge is 2.45. The average molecular weight is 402 g/mol. The van der Waals surface area contributed by atoms with Crippen molar-refractivity contribution in [2.24, 2.45) is 4.99 Å². The lowest BCUT2D eigenvalue weighted by molar-refractivity contribution is -0.118. The third-order valence-corrected chi connectivity index (χ3v) is 5.57. The molecule has 2 bridgehead atoms. The number of rotatable bonds is 7. The summed E-state index contributed by atoms with van der Waals surface area (Å²) in [6.45, 7) is 2.71. The van der Waals surface area contributed by atoms with Gasteiger partial charge in [0.1, 0.15) is 23.6 Å². The molecule has 4 rings (SSSR count). The molecule has 3 aliphatic heterocycles. The zero-order valence-electron chi connectivity index (χ0n) is 16.7. The van der Waals surface area contributed by atoms with Crippen LogP contribution >= 0.6 is 0 Å². The molecule has 0 aliphatic carbocycles. The minimum atomic E-state index is -0.528. The van der Waals surface area contributed by atoms with Gasteiger partial charge < -0.3 is 20.7 Å². The van der Waals surface area contributed by atoms with E-state index in [1.165, 1.54) is 18.2 Å². The second-order valence-corrected chi connectivity index (χ2v) is 7.32. The first-order valence-electron chi connectivity index (χ1n) is 9.85. The van der Waals surface area contributed by atoms with Crippen molar-refractivity contribution in [1.29, 1.82) is 0 Å². The van der Waals surface area contributed by atoms with Crippen LogP contribution in [0.15, 0.2) is 41.0 Å². The molecule has 29 heavy (non-hydrogen) atoms. The van der Waals surface area contributed by atoms with Crippen molar-refractivity contribution in [2.75, 3.05) is 13.7 Å². The molecule has 3 atom stereocenters. The number of amides is 1. The van der Waals surface area contributed by atoms with Crippen LogP contribution in [0.1, 0.15) is 31.7 Å². The van der Waals surface area contributed by atoms with E-state index in [1.807, 2.05) is 7.05 Å². The molecule has 1 fully saturated rings. The SMILES string of the molecule is CCC1N=C(N/C(=C\C=O)C(=O)NCc2ccc(F)cc2)C2(NC)CCC1OC2. The molecule has 3 N–H and O–H groups in total. The number of aliphatic imine (C=N–C) groups is 1. The average Bonchev–Trinajstić information content (AvgIpc) is 2.99. The first-order chi connectivity index (χ1) is 14.0. The molecule has 0 saturated carbocycles. The van der Waals surface area contributed by atoms with E-state index in [-0.39, 0.29) is 30.2 Å². The second-order valence-electron chi connectivity index (χ2n) is 7.32. The van der Waals surface area contributed by atoms with Crippen molar-refractivity contribution in [3.63, 3.8) is 0 Å². The molecule has 8 heteroatoms. The Balaban J connectivity index is 1.77. The summed E-state index contributed by atoms with van der Waals surface area (Å²) in [7, 11) is 1.84. The first kappa shape index (κ1) is 21.1. The lowest BCUT2D eigenvalue weighted by Crippen LogP contribution is -2.60. The largest absolute Gasteiger partial charge is 0.374 e. The van der Waals surface area contributed by atoms with Crippen molar-refractivity contribution in [3.8, 4) is 0 Å². The molecular formula is C21H27FN4O3. The van der Waals surface area contributed by atoms with Gasteiger partial charge in [0, 0.05) is 12.6 Å². The van der Waals surface area contributed by atoms with E-state index in [0.29, 0.717) is 18.7 Å². The summed E-state index contributed by atoms with van der Waals surface area (Å²) in [6.07, 6.45) is 4.32. The highest BCUT2D eigenvalue weighted by Crippen LogP contribution is 2.32. The number of hydrogen-bond acceptors (Lipinski definition) is 6. The Kier molecular flexibility index (Phi) is 6.76. The third-order valence-electron chi connectivity index (χ3n) is 5.57. The fraction of sp³-hybridized carbons (Fsp3) is 0.476. The van der Waals surface area contributed by atoms with Crippen molar-refractivity contribution < 1.29 is 18.7 Å². The molecule has 3 heterocycles. The summed E-state index contributed by atoms with van der Waals surface area (Å²) >= 11 is 0. The number of allylic oxidation sites excluding steroid dienone is 1. The Morgan fingerprint density at radius 3 is 2.72 bits per heavy atom. The van der Waals surface area contributed by atoms with Gasteiger partial charge in [-0.2, -0.15) is 0 Å². The number of hydrogen-bond donors (Lipinski definition) is 3. The number of amidine groups is 1. The van der Waals surface area contributed by atoms with E-state index >= 15 is 0 Å². The van der Waals surface area contributed by atoms with E-state index in [0.717, 1.165) is 24.8 Å². The molecule has 1 amide bonds. The minimum Gasteiger partial charge on any atom is -0.374 e. The third kappa shape index (κ3) is 4.71. The smallest absolute Gasteiger partial charge is 0.268 e. The standard InChI is InChI=1S/C21H27FN4O3/c1-3-16-18-8-10-21(23-2,13-29-18)20(25-16)26-17(9-11-27)19(28)24-12-14-4-6-15(22)7-5-14/h4-7,9,11,16,18,23H,3,8,10,12-13H2,1-2H3,(H,24,28)(H,25,26)/b17-9-. The number of fused-ring (bicyclic) bond motifs is 3. The summed E-state index contributed by atoms with van der Waals surface area (Å²) in [4.78, 5) is 28.7. The van der Waals surface area contributed by atoms with Crippen LogP contribution in [-0.4, -0.2) is 49.4 Å². The van der Waals surface area contributed by atoms with E-state index in [1.54, 1.807) is 12.1 Å². The van der Waals surface area contributed by atoms with Crippen LogP contribution < -0.4 is 16.0 Å². The van der Waals surface area contributed by atoms with Gasteiger partial charge in [0.05, 0.1) is 24.3 Å². The van der Waals surface area contributed by atoms with E-state index in [2.05, 4.69) is 22.9 Å². The molecule has 1 aromatic rings. The van der Waals surface area contributed by atoms with Gasteiger partial charge in [0.2, 0.25) is 0 Å². The van der Waals surface area contributed by atoms with E-state index in [4.69, 9.17) is 9.73 Å². The van der Waals surface area contributed by atoms with Gasteiger partial charge in [-0.25, -0.2) is 4.39 Å². The topological polar surface area (TPSA) is 91.8 Å². The van der Waals surface area contributed by atoms with Gasteiger partial charge in [-0.05, 0) is 44.0 Å². The van der Waals surface area contributed by atoms with Crippen LogP contribution in [0.5, 0.6) is 0 Å². The minimum absolute atomic E-state index is 0.00465. The zero-order valence-corrected chi connectivity index (χ0v) is 16.7. The van der Waals surface area contributed by atoms with Crippen LogP contribution in [0.3, 0.4) is 0 Å². The van der Waals surface area contributed by atoms with E-state index < -0.39 is 11.4 Å². The van der Waals surface area contributed by atoms with Crippen LogP contribution in [0, 0.1) is 5.82 Å². The fourth-order valence-electron chi connectivity index (χ4n) is 3.73. The quantitative estimate of drug-likeness (QED) is 0.474. The molecule has 156 valence electrons. The molecular weight excluding hydrogens is 375 g/mol. The number of aldehydes is 1. The van der Waals surface area contributed by atoms with Crippen molar-refractivity contribution >= 4 is 18.0 Å². The molecule has 0 aromatic heterocycles. The monoisotopic (exact) mass is 402 g/mol. The molecule has 0 spiro atoms. The molecule has 1 aromatic carbocycles. The predicted octanol–water partition coefficient (Wildman–Crippen LogP) is 1.44. The molecule has 7 nitrogen and oxygen atoms in total. The van der Waals surface area contributed by atoms with Crippen LogP contribution in [0.25, 0.3) is 0 Å².